The van der Waals surface area contributed by atoms with E-state index in [2.05, 4.69) is 5.32 Å². The zero-order valence-corrected chi connectivity index (χ0v) is 10.4. The first-order chi connectivity index (χ1) is 7.99. The molecule has 2 aliphatic rings. The third-order valence-electron chi connectivity index (χ3n) is 3.56. The molecular formula is C11H17NO4S. The van der Waals surface area contributed by atoms with Gasteiger partial charge in [-0.25, -0.2) is 13.2 Å². The zero-order chi connectivity index (χ0) is 12.5. The predicted molar refractivity (Wildman–Crippen MR) is 63.5 cm³/mol. The minimum atomic E-state index is -2.88. The lowest BCUT2D eigenvalue weighted by Gasteiger charge is -2.29. The van der Waals surface area contributed by atoms with Crippen LogP contribution in [0.2, 0.25) is 0 Å². The van der Waals surface area contributed by atoms with E-state index in [0.29, 0.717) is 37.9 Å². The molecule has 2 aliphatic heterocycles. The number of carboxylic acids is 1. The molecule has 2 rings (SSSR count). The van der Waals surface area contributed by atoms with Gasteiger partial charge < -0.3 is 10.4 Å². The van der Waals surface area contributed by atoms with E-state index in [1.165, 1.54) is 0 Å². The van der Waals surface area contributed by atoms with Crippen LogP contribution in [0.25, 0.3) is 0 Å². The van der Waals surface area contributed by atoms with Gasteiger partial charge in [0.2, 0.25) is 0 Å². The highest BCUT2D eigenvalue weighted by atomic mass is 32.2. The number of carboxylic acid groups (broad SMARTS) is 1. The Morgan fingerprint density at radius 1 is 1.29 bits per heavy atom. The molecule has 96 valence electrons. The molecule has 5 nitrogen and oxygen atoms in total. The topological polar surface area (TPSA) is 83.5 Å². The average molecular weight is 259 g/mol. The van der Waals surface area contributed by atoms with Gasteiger partial charge in [-0.05, 0) is 37.3 Å². The van der Waals surface area contributed by atoms with E-state index in [-0.39, 0.29) is 17.4 Å². The normalized spacial score (nSPS) is 25.9. The van der Waals surface area contributed by atoms with Crippen LogP contribution in [0.15, 0.2) is 11.1 Å². The van der Waals surface area contributed by atoms with Crippen LogP contribution in [-0.4, -0.2) is 44.1 Å². The van der Waals surface area contributed by atoms with Gasteiger partial charge in [-0.1, -0.05) is 0 Å². The molecule has 0 spiro atoms. The summed E-state index contributed by atoms with van der Waals surface area (Å²) >= 11 is 0. The second kappa shape index (κ2) is 4.78. The van der Waals surface area contributed by atoms with E-state index in [1.54, 1.807) is 0 Å². The van der Waals surface area contributed by atoms with Gasteiger partial charge in [0.15, 0.2) is 0 Å². The maximum absolute atomic E-state index is 11.3. The number of hydrogen-bond acceptors (Lipinski definition) is 4. The maximum atomic E-state index is 11.3. The molecule has 2 heterocycles. The summed E-state index contributed by atoms with van der Waals surface area (Å²) in [5.41, 5.74) is 1.41. The van der Waals surface area contributed by atoms with Gasteiger partial charge in [0.25, 0.3) is 0 Å². The van der Waals surface area contributed by atoms with Gasteiger partial charge in [-0.3, -0.25) is 0 Å². The lowest BCUT2D eigenvalue weighted by Crippen LogP contribution is -2.34. The van der Waals surface area contributed by atoms with Gasteiger partial charge in [-0.15, -0.1) is 0 Å². The van der Waals surface area contributed by atoms with E-state index >= 15 is 0 Å². The first-order valence-corrected chi connectivity index (χ1v) is 7.68. The number of nitrogens with one attached hydrogen (secondary N) is 1. The van der Waals surface area contributed by atoms with Crippen LogP contribution in [0.4, 0.5) is 0 Å². The van der Waals surface area contributed by atoms with Crippen molar-refractivity contribution in [2.45, 2.75) is 19.3 Å². The van der Waals surface area contributed by atoms with Crippen LogP contribution < -0.4 is 5.32 Å². The molecule has 2 N–H and O–H groups in total. The van der Waals surface area contributed by atoms with Crippen molar-refractivity contribution in [3.05, 3.63) is 11.1 Å². The van der Waals surface area contributed by atoms with E-state index in [1.807, 2.05) is 0 Å². The molecule has 0 unspecified atom stereocenters. The Morgan fingerprint density at radius 2 is 1.94 bits per heavy atom. The fraction of sp³-hybridized carbons (Fsp3) is 0.727. The van der Waals surface area contributed by atoms with Crippen molar-refractivity contribution in [1.82, 2.24) is 5.32 Å². The molecule has 0 aromatic heterocycles. The third kappa shape index (κ3) is 2.87. The maximum Gasteiger partial charge on any atom is 0.331 e. The molecular weight excluding hydrogens is 242 g/mol. The lowest BCUT2D eigenvalue weighted by atomic mass is 9.86. The van der Waals surface area contributed by atoms with Gasteiger partial charge in [-0.2, -0.15) is 0 Å². The van der Waals surface area contributed by atoms with Gasteiger partial charge in [0.1, 0.15) is 9.84 Å². The van der Waals surface area contributed by atoms with Crippen molar-refractivity contribution in [2.24, 2.45) is 5.92 Å². The van der Waals surface area contributed by atoms with Crippen molar-refractivity contribution in [3.63, 3.8) is 0 Å². The van der Waals surface area contributed by atoms with Crippen molar-refractivity contribution >= 4 is 15.8 Å². The molecule has 0 radical (unpaired) electrons. The number of rotatable bonds is 2. The smallest absolute Gasteiger partial charge is 0.331 e. The van der Waals surface area contributed by atoms with E-state index in [0.717, 1.165) is 5.57 Å². The van der Waals surface area contributed by atoms with E-state index in [4.69, 9.17) is 5.11 Å². The summed E-state index contributed by atoms with van der Waals surface area (Å²) in [6, 6.07) is 0. The van der Waals surface area contributed by atoms with Crippen LogP contribution in [-0.2, 0) is 14.6 Å². The monoisotopic (exact) mass is 259 g/mol. The van der Waals surface area contributed by atoms with Crippen LogP contribution >= 0.6 is 0 Å². The Hall–Kier alpha value is -0.880. The zero-order valence-electron chi connectivity index (χ0n) is 9.61. The Balaban J connectivity index is 2.18. The van der Waals surface area contributed by atoms with Gasteiger partial charge >= 0.3 is 5.97 Å². The highest BCUT2D eigenvalue weighted by Crippen LogP contribution is 2.30. The average Bonchev–Trinajstić information content (AvgIpc) is 2.29. The summed E-state index contributed by atoms with van der Waals surface area (Å²) in [6.07, 6.45) is 1.67. The molecule has 0 aromatic rings. The van der Waals surface area contributed by atoms with Crippen LogP contribution in [0, 0.1) is 5.92 Å². The summed E-state index contributed by atoms with van der Waals surface area (Å²) in [5.74, 6) is -0.352. The molecule has 0 saturated carbocycles. The molecule has 17 heavy (non-hydrogen) atoms. The van der Waals surface area contributed by atoms with Crippen molar-refractivity contribution in [3.8, 4) is 0 Å². The minimum absolute atomic E-state index is 0.123. The van der Waals surface area contributed by atoms with Gasteiger partial charge in [0.05, 0.1) is 11.5 Å². The minimum Gasteiger partial charge on any atom is -0.478 e. The molecule has 1 fully saturated rings. The Bertz CT molecular complexity index is 438. The van der Waals surface area contributed by atoms with Crippen LogP contribution in [0.5, 0.6) is 0 Å². The standard InChI is InChI=1S/C11H17NO4S/c13-11(14)9-1-4-12-7-10(9)8-2-5-17(15,16)6-3-8/h8,12H,1-7H2,(H,13,14). The molecule has 0 aromatic carbocycles. The predicted octanol–water partition coefficient (Wildman–Crippen LogP) is 0.186. The van der Waals surface area contributed by atoms with Crippen molar-refractivity contribution in [1.29, 1.82) is 0 Å². The summed E-state index contributed by atoms with van der Waals surface area (Å²) < 4.78 is 22.7. The van der Waals surface area contributed by atoms with Gasteiger partial charge in [0, 0.05) is 12.1 Å². The summed E-state index contributed by atoms with van der Waals surface area (Å²) in [7, 11) is -2.88. The summed E-state index contributed by atoms with van der Waals surface area (Å²) in [6.45, 7) is 1.28. The molecule has 0 aliphatic carbocycles. The van der Waals surface area contributed by atoms with Crippen LogP contribution in [0.1, 0.15) is 19.3 Å². The fourth-order valence-electron chi connectivity index (χ4n) is 2.58. The molecule has 0 amide bonds. The first kappa shape index (κ1) is 12.6. The molecule has 0 bridgehead atoms. The Kier molecular flexibility index (Phi) is 3.53. The summed E-state index contributed by atoms with van der Waals surface area (Å²) in [4.78, 5) is 11.1. The third-order valence-corrected chi connectivity index (χ3v) is 5.28. The number of sulfone groups is 1. The fourth-order valence-corrected chi connectivity index (χ4v) is 4.07. The second-order valence-electron chi connectivity index (χ2n) is 4.66. The Morgan fingerprint density at radius 3 is 2.53 bits per heavy atom. The number of aliphatic carboxylic acids is 1. The Labute approximate surface area is 101 Å². The molecule has 6 heteroatoms. The van der Waals surface area contributed by atoms with E-state index in [9.17, 15) is 13.2 Å². The largest absolute Gasteiger partial charge is 0.478 e. The first-order valence-electron chi connectivity index (χ1n) is 5.86. The van der Waals surface area contributed by atoms with Crippen LogP contribution in [0.3, 0.4) is 0 Å². The number of carbonyl (C=O) groups is 1. The summed E-state index contributed by atoms with van der Waals surface area (Å²) in [5, 5.41) is 12.3. The highest BCUT2D eigenvalue weighted by molar-refractivity contribution is 7.91. The highest BCUT2D eigenvalue weighted by Gasteiger charge is 2.30. The van der Waals surface area contributed by atoms with E-state index < -0.39 is 15.8 Å². The van der Waals surface area contributed by atoms with Crippen molar-refractivity contribution in [2.75, 3.05) is 24.6 Å². The molecule has 1 saturated heterocycles. The SMILES string of the molecule is O=C(O)C1=C(C2CCS(=O)(=O)CC2)CNCC1. The lowest BCUT2D eigenvalue weighted by molar-refractivity contribution is -0.133. The number of hydrogen-bond donors (Lipinski definition) is 2. The quantitative estimate of drug-likeness (QED) is 0.739. The second-order valence-corrected chi connectivity index (χ2v) is 6.97. The molecule has 0 atom stereocenters. The van der Waals surface area contributed by atoms with Crippen molar-refractivity contribution < 1.29 is 18.3 Å².